The van der Waals surface area contributed by atoms with Crippen LogP contribution in [-0.4, -0.2) is 0 Å². The zero-order valence-electron chi connectivity index (χ0n) is 9.52. The summed E-state index contributed by atoms with van der Waals surface area (Å²) in [4.78, 5) is 0. The summed E-state index contributed by atoms with van der Waals surface area (Å²) in [6, 6.07) is 8.76. The number of benzene rings is 1. The van der Waals surface area contributed by atoms with Crippen molar-refractivity contribution < 1.29 is 32.7 Å². The van der Waals surface area contributed by atoms with Crippen LogP contribution in [0.25, 0.3) is 6.15 Å². The van der Waals surface area contributed by atoms with Crippen LogP contribution in [0.2, 0.25) is 0 Å². The molecule has 1 aliphatic carbocycles. The number of hydrogen-bond acceptors (Lipinski definition) is 1. The van der Waals surface area contributed by atoms with Gasteiger partial charge in [-0.2, -0.15) is 0 Å². The predicted molar refractivity (Wildman–Crippen MR) is 64.3 cm³/mol. The Kier molecular flexibility index (Phi) is 5.42. The van der Waals surface area contributed by atoms with Crippen molar-refractivity contribution in [3.63, 3.8) is 0 Å². The van der Waals surface area contributed by atoms with E-state index in [0.29, 0.717) is 0 Å². The molecule has 3 N–H and O–H groups in total. The van der Waals surface area contributed by atoms with E-state index in [0.717, 1.165) is 11.8 Å². The Morgan fingerprint density at radius 2 is 1.88 bits per heavy atom. The van der Waals surface area contributed by atoms with Crippen LogP contribution in [0.3, 0.4) is 0 Å². The Morgan fingerprint density at radius 3 is 2.75 bits per heavy atom. The third-order valence-electron chi connectivity index (χ3n) is 3.63. The zero-order valence-corrected chi connectivity index (χ0v) is 12.4. The molecule has 0 spiro atoms. The van der Waals surface area contributed by atoms with E-state index < -0.39 is 0 Å². The van der Waals surface area contributed by atoms with Crippen molar-refractivity contribution in [3.8, 4) is 0 Å². The molecule has 1 aliphatic heterocycles. The second-order valence-electron chi connectivity index (χ2n) is 4.45. The van der Waals surface area contributed by atoms with Gasteiger partial charge in [-0.15, -0.1) is 5.92 Å². The summed E-state index contributed by atoms with van der Waals surface area (Å²) in [7, 11) is 0. The van der Waals surface area contributed by atoms with E-state index in [4.69, 9.17) is 0 Å². The SMILES string of the molecule is [NH2-].[Y].c1ccc2c(c1)N[CH-]C1CCCCC21. The Labute approximate surface area is 123 Å². The molecule has 1 radical (unpaired) electrons. The summed E-state index contributed by atoms with van der Waals surface area (Å²) in [5.41, 5.74) is 2.87. The van der Waals surface area contributed by atoms with Crippen molar-refractivity contribution in [3.05, 3.63) is 42.5 Å². The molecule has 1 fully saturated rings. The third-order valence-corrected chi connectivity index (χ3v) is 3.63. The monoisotopic (exact) mass is 291 g/mol. The number of hydrogen-bond donors (Lipinski definition) is 1. The number of rotatable bonds is 0. The van der Waals surface area contributed by atoms with E-state index in [1.807, 2.05) is 0 Å². The molecule has 0 aromatic heterocycles. The largest absolute Gasteiger partial charge is 0.693 e. The molecular weight excluding hydrogens is 273 g/mol. The van der Waals surface area contributed by atoms with Crippen molar-refractivity contribution in [1.29, 1.82) is 0 Å². The van der Waals surface area contributed by atoms with Gasteiger partial charge in [-0.3, -0.25) is 0 Å². The summed E-state index contributed by atoms with van der Waals surface area (Å²) in [5.74, 6) is 1.57. The van der Waals surface area contributed by atoms with Gasteiger partial charge in [-0.25, -0.2) is 6.54 Å². The smallest absolute Gasteiger partial charge is 0.00810 e. The van der Waals surface area contributed by atoms with E-state index in [-0.39, 0.29) is 38.9 Å². The Bertz CT molecular complexity index is 340. The minimum absolute atomic E-state index is 0. The molecular formula is C13H18N2Y-2. The summed E-state index contributed by atoms with van der Waals surface area (Å²) < 4.78 is 0. The van der Waals surface area contributed by atoms with Crippen LogP contribution in [0.5, 0.6) is 0 Å². The van der Waals surface area contributed by atoms with Gasteiger partial charge in [0.15, 0.2) is 0 Å². The van der Waals surface area contributed by atoms with E-state index in [9.17, 15) is 0 Å². The molecule has 0 saturated heterocycles. The van der Waals surface area contributed by atoms with Gasteiger partial charge in [-0.1, -0.05) is 37.5 Å². The third kappa shape index (κ3) is 2.50. The van der Waals surface area contributed by atoms with Crippen molar-refractivity contribution in [2.75, 3.05) is 5.32 Å². The van der Waals surface area contributed by atoms with Gasteiger partial charge in [0.1, 0.15) is 0 Å². The zero-order chi connectivity index (χ0) is 9.38. The summed E-state index contributed by atoms with van der Waals surface area (Å²) in [6.07, 6.45) is 5.55. The van der Waals surface area contributed by atoms with Gasteiger partial charge < -0.3 is 11.5 Å². The standard InChI is InChI=1S/C13H16N.H2N.Y/c1-2-6-11-10(5-1)9-14-13-8-4-3-7-12(11)13;;/h3-4,7-11,14H,1-2,5-6H2;1H2;/q2*-1;. The van der Waals surface area contributed by atoms with Crippen molar-refractivity contribution in [2.45, 2.75) is 31.6 Å². The van der Waals surface area contributed by atoms with Crippen LogP contribution in [-0.2, 0) is 32.7 Å². The van der Waals surface area contributed by atoms with Gasteiger partial charge >= 0.3 is 0 Å². The molecule has 2 unspecified atom stereocenters. The maximum Gasteiger partial charge on any atom is 0.00810 e. The van der Waals surface area contributed by atoms with Gasteiger partial charge in [0.05, 0.1) is 0 Å². The topological polar surface area (TPSA) is 45.5 Å². The van der Waals surface area contributed by atoms with Gasteiger partial charge in [0, 0.05) is 38.4 Å². The van der Waals surface area contributed by atoms with Crippen molar-refractivity contribution in [2.24, 2.45) is 5.92 Å². The quantitative estimate of drug-likeness (QED) is 0.713. The normalized spacial score (nSPS) is 26.2. The fourth-order valence-electron chi connectivity index (χ4n) is 2.89. The first-order chi connectivity index (χ1) is 6.95. The molecule has 1 saturated carbocycles. The summed E-state index contributed by atoms with van der Waals surface area (Å²) in [5, 5.41) is 3.44. The average molecular weight is 291 g/mol. The second-order valence-corrected chi connectivity index (χ2v) is 4.45. The van der Waals surface area contributed by atoms with E-state index in [1.54, 1.807) is 5.56 Å². The number of anilines is 1. The number of fused-ring (bicyclic) bond motifs is 3. The van der Waals surface area contributed by atoms with Crippen LogP contribution in [0.15, 0.2) is 24.3 Å². The molecule has 85 valence electrons. The van der Waals surface area contributed by atoms with Gasteiger partial charge in [0.25, 0.3) is 0 Å². The minimum atomic E-state index is 0. The van der Waals surface area contributed by atoms with Crippen LogP contribution in [0.1, 0.15) is 37.2 Å². The van der Waals surface area contributed by atoms with E-state index >= 15 is 0 Å². The Morgan fingerprint density at radius 1 is 1.12 bits per heavy atom. The molecule has 2 nitrogen and oxygen atoms in total. The maximum absolute atomic E-state index is 3.44. The van der Waals surface area contributed by atoms with Crippen LogP contribution >= 0.6 is 0 Å². The first-order valence-corrected chi connectivity index (χ1v) is 5.64. The summed E-state index contributed by atoms with van der Waals surface area (Å²) in [6.45, 7) is 2.31. The van der Waals surface area contributed by atoms with Gasteiger partial charge in [0.2, 0.25) is 0 Å². The maximum atomic E-state index is 3.44. The second kappa shape index (κ2) is 6.13. The molecule has 0 amide bonds. The minimum Gasteiger partial charge on any atom is -0.693 e. The van der Waals surface area contributed by atoms with Crippen molar-refractivity contribution >= 4 is 5.69 Å². The molecule has 16 heavy (non-hydrogen) atoms. The molecule has 1 aromatic rings. The molecule has 1 heterocycles. The van der Waals surface area contributed by atoms with Gasteiger partial charge in [-0.05, 0) is 24.0 Å². The Hall–Kier alpha value is 0.0839. The van der Waals surface area contributed by atoms with E-state index in [1.165, 1.54) is 31.4 Å². The molecule has 2 aliphatic rings. The van der Waals surface area contributed by atoms with Crippen LogP contribution in [0.4, 0.5) is 5.69 Å². The molecule has 3 heteroatoms. The molecule has 3 rings (SSSR count). The summed E-state index contributed by atoms with van der Waals surface area (Å²) >= 11 is 0. The number of nitrogens with one attached hydrogen (secondary N) is 1. The average Bonchev–Trinajstić information content (AvgIpc) is 2.29. The Balaban J connectivity index is 0.000000640. The predicted octanol–water partition coefficient (Wildman–Crippen LogP) is 4.26. The fraction of sp³-hybridized carbons (Fsp3) is 0.462. The van der Waals surface area contributed by atoms with Crippen LogP contribution in [0, 0.1) is 12.5 Å². The van der Waals surface area contributed by atoms with Crippen molar-refractivity contribution in [1.82, 2.24) is 0 Å². The number of para-hydroxylation sites is 1. The van der Waals surface area contributed by atoms with Crippen LogP contribution < -0.4 is 5.32 Å². The molecule has 2 atom stereocenters. The first-order valence-electron chi connectivity index (χ1n) is 5.64. The fourth-order valence-corrected chi connectivity index (χ4v) is 2.89. The number of nitrogens with two attached hydrogens (primary N) is 1. The molecule has 1 aromatic carbocycles. The molecule has 0 bridgehead atoms. The van der Waals surface area contributed by atoms with E-state index in [2.05, 4.69) is 36.1 Å². The first kappa shape index (κ1) is 14.1.